The van der Waals surface area contributed by atoms with E-state index in [1.807, 2.05) is 0 Å². The number of hydrogen-bond acceptors (Lipinski definition) is 1. The van der Waals surface area contributed by atoms with Crippen LogP contribution in [0.5, 0.6) is 0 Å². The minimum Gasteiger partial charge on any atom is -0.336 e. The van der Waals surface area contributed by atoms with Gasteiger partial charge < -0.3 is 11.3 Å². The van der Waals surface area contributed by atoms with E-state index in [0.717, 1.165) is 0 Å². The molecule has 0 N–H and O–H groups in total. The normalized spacial score (nSPS) is 22.1. The number of likely N-dealkylation sites (tertiary alicyclic amines) is 1. The van der Waals surface area contributed by atoms with Crippen LogP contribution < -0.4 is 0 Å². The molecule has 0 spiro atoms. The molecule has 1 rings (SSSR count). The molecule has 1 aliphatic rings. The van der Waals surface area contributed by atoms with Gasteiger partial charge in [0, 0.05) is 19.5 Å². The second-order valence-corrected chi connectivity index (χ2v) is 2.19. The van der Waals surface area contributed by atoms with Gasteiger partial charge in [0.25, 0.3) is 0 Å². The summed E-state index contributed by atoms with van der Waals surface area (Å²) in [4.78, 5) is 2.34. The third kappa shape index (κ3) is 2.79. The molecule has 1 nitrogen and oxygen atoms in total. The Labute approximate surface area is 64.2 Å². The first-order valence-electron chi connectivity index (χ1n) is 2.90. The molecule has 0 aliphatic carbocycles. The van der Waals surface area contributed by atoms with Crippen LogP contribution in [0.4, 0.5) is 0 Å². The molecule has 1 heterocycles. The molecular formula is C6H12NRh-. The molecule has 0 aromatic rings. The van der Waals surface area contributed by atoms with Crippen molar-refractivity contribution < 1.29 is 19.5 Å². The largest absolute Gasteiger partial charge is 0.336 e. The molecule has 0 amide bonds. The Bertz CT molecular complexity index is 50.5. The molecule has 1 aliphatic heterocycles. The molecule has 51 valence electrons. The van der Waals surface area contributed by atoms with E-state index in [-0.39, 0.29) is 19.5 Å². The van der Waals surface area contributed by atoms with E-state index in [1.54, 1.807) is 0 Å². The smallest absolute Gasteiger partial charge is 0 e. The zero-order chi connectivity index (χ0) is 5.11. The summed E-state index contributed by atoms with van der Waals surface area (Å²) in [6.45, 7) is 2.48. The summed E-state index contributed by atoms with van der Waals surface area (Å²) in [6, 6.07) is 0. The molecule has 0 aromatic carbocycles. The second-order valence-electron chi connectivity index (χ2n) is 2.19. The van der Waals surface area contributed by atoms with Gasteiger partial charge in [0.15, 0.2) is 0 Å². The van der Waals surface area contributed by atoms with Gasteiger partial charge in [0.05, 0.1) is 0 Å². The van der Waals surface area contributed by atoms with Crippen molar-refractivity contribution in [1.29, 1.82) is 0 Å². The summed E-state index contributed by atoms with van der Waals surface area (Å²) in [7, 11) is 2.16. The van der Waals surface area contributed by atoms with Gasteiger partial charge in [-0.25, -0.2) is 0 Å². The Morgan fingerprint density at radius 3 is 2.50 bits per heavy atom. The fourth-order valence-electron chi connectivity index (χ4n) is 0.909. The Morgan fingerprint density at radius 1 is 1.50 bits per heavy atom. The maximum Gasteiger partial charge on any atom is 0 e. The van der Waals surface area contributed by atoms with Gasteiger partial charge in [-0.05, 0) is 13.6 Å². The molecule has 0 aromatic heterocycles. The zero-order valence-corrected chi connectivity index (χ0v) is 6.83. The average molecular weight is 201 g/mol. The first-order chi connectivity index (χ1) is 3.39. The van der Waals surface area contributed by atoms with Gasteiger partial charge in [-0.2, -0.15) is 6.42 Å². The standard InChI is InChI=1S/C6H12N.Rh/c1-7-5-3-2-4-6-7;/h3H,2,4-6H2,1H3;/q-1;. The molecule has 1 radical (unpaired) electrons. The van der Waals surface area contributed by atoms with E-state index in [9.17, 15) is 0 Å². The van der Waals surface area contributed by atoms with Crippen LogP contribution >= 0.6 is 0 Å². The zero-order valence-electron chi connectivity index (χ0n) is 5.19. The van der Waals surface area contributed by atoms with E-state index < -0.39 is 0 Å². The molecule has 1 fully saturated rings. The summed E-state index contributed by atoms with van der Waals surface area (Å²) in [5.41, 5.74) is 0. The molecular weight excluding hydrogens is 189 g/mol. The first kappa shape index (κ1) is 8.58. The number of piperidine rings is 1. The maximum absolute atomic E-state index is 2.34. The quantitative estimate of drug-likeness (QED) is 0.416. The summed E-state index contributed by atoms with van der Waals surface area (Å²) in [6.07, 6.45) is 5.02. The van der Waals surface area contributed by atoms with Crippen LogP contribution in [0.15, 0.2) is 0 Å². The summed E-state index contributed by atoms with van der Waals surface area (Å²) < 4.78 is 0. The SMILES string of the molecule is CN1C[CH-]CCC1.[Rh]. The van der Waals surface area contributed by atoms with Crippen LogP contribution in [0.1, 0.15) is 12.8 Å². The molecule has 0 unspecified atom stereocenters. The fourth-order valence-corrected chi connectivity index (χ4v) is 0.909. The van der Waals surface area contributed by atoms with E-state index in [1.165, 1.54) is 25.9 Å². The van der Waals surface area contributed by atoms with Crippen molar-refractivity contribution in [2.75, 3.05) is 20.1 Å². The van der Waals surface area contributed by atoms with Crippen molar-refractivity contribution in [3.8, 4) is 0 Å². The predicted molar refractivity (Wildman–Crippen MR) is 31.0 cm³/mol. The monoisotopic (exact) mass is 201 g/mol. The van der Waals surface area contributed by atoms with E-state index in [0.29, 0.717) is 0 Å². The first-order valence-corrected chi connectivity index (χ1v) is 2.90. The van der Waals surface area contributed by atoms with Crippen LogP contribution in [0, 0.1) is 6.42 Å². The Hall–Kier alpha value is 0.583. The van der Waals surface area contributed by atoms with E-state index in [4.69, 9.17) is 0 Å². The summed E-state index contributed by atoms with van der Waals surface area (Å²) in [5.74, 6) is 0. The van der Waals surface area contributed by atoms with Gasteiger partial charge in [-0.15, -0.1) is 6.54 Å². The Kier molecular flexibility index (Phi) is 4.79. The maximum atomic E-state index is 2.34. The number of hydrogen-bond donors (Lipinski definition) is 0. The van der Waals surface area contributed by atoms with Crippen molar-refractivity contribution in [2.24, 2.45) is 0 Å². The second kappa shape index (κ2) is 4.46. The molecule has 2 heteroatoms. The van der Waals surface area contributed by atoms with Crippen molar-refractivity contribution in [3.63, 3.8) is 0 Å². The van der Waals surface area contributed by atoms with Crippen molar-refractivity contribution >= 4 is 0 Å². The van der Waals surface area contributed by atoms with Gasteiger partial charge >= 0.3 is 0 Å². The van der Waals surface area contributed by atoms with Crippen LogP contribution in [0.2, 0.25) is 0 Å². The summed E-state index contributed by atoms with van der Waals surface area (Å²) in [5, 5.41) is 0. The van der Waals surface area contributed by atoms with Gasteiger partial charge in [0.2, 0.25) is 0 Å². The Morgan fingerprint density at radius 2 is 2.25 bits per heavy atom. The third-order valence-corrected chi connectivity index (χ3v) is 1.39. The van der Waals surface area contributed by atoms with Crippen molar-refractivity contribution in [3.05, 3.63) is 6.42 Å². The molecule has 8 heavy (non-hydrogen) atoms. The fraction of sp³-hybridized carbons (Fsp3) is 0.833. The Balaban J connectivity index is 0.000000490. The van der Waals surface area contributed by atoms with Crippen LogP contribution in [-0.2, 0) is 19.5 Å². The number of rotatable bonds is 0. The van der Waals surface area contributed by atoms with E-state index >= 15 is 0 Å². The average Bonchev–Trinajstić information content (AvgIpc) is 1.69. The molecule has 0 atom stereocenters. The van der Waals surface area contributed by atoms with E-state index in [2.05, 4.69) is 18.4 Å². The molecule has 0 saturated carbocycles. The minimum atomic E-state index is 0. The predicted octanol–water partition coefficient (Wildman–Crippen LogP) is 0.914. The topological polar surface area (TPSA) is 3.24 Å². The number of nitrogens with zero attached hydrogens (tertiary/aromatic N) is 1. The van der Waals surface area contributed by atoms with Gasteiger partial charge in [0.1, 0.15) is 0 Å². The molecule has 1 saturated heterocycles. The van der Waals surface area contributed by atoms with Gasteiger partial charge in [-0.1, -0.05) is 6.42 Å². The van der Waals surface area contributed by atoms with Crippen LogP contribution in [0.3, 0.4) is 0 Å². The van der Waals surface area contributed by atoms with Crippen molar-refractivity contribution in [2.45, 2.75) is 12.8 Å². The minimum absolute atomic E-state index is 0. The van der Waals surface area contributed by atoms with Crippen LogP contribution in [-0.4, -0.2) is 25.0 Å². The summed E-state index contributed by atoms with van der Waals surface area (Å²) >= 11 is 0. The molecule has 0 bridgehead atoms. The van der Waals surface area contributed by atoms with Gasteiger partial charge in [-0.3, -0.25) is 0 Å². The van der Waals surface area contributed by atoms with Crippen molar-refractivity contribution in [1.82, 2.24) is 4.90 Å². The third-order valence-electron chi connectivity index (χ3n) is 1.39. The van der Waals surface area contributed by atoms with Crippen LogP contribution in [0.25, 0.3) is 0 Å².